The second kappa shape index (κ2) is 10.3. The van der Waals surface area contributed by atoms with E-state index in [0.29, 0.717) is 0 Å². The van der Waals surface area contributed by atoms with Crippen LogP contribution >= 0.6 is 0 Å². The van der Waals surface area contributed by atoms with Crippen LogP contribution in [-0.2, 0) is 42.1 Å². The van der Waals surface area contributed by atoms with Crippen LogP contribution in [0.4, 0.5) is 0 Å². The van der Waals surface area contributed by atoms with Crippen molar-refractivity contribution in [3.63, 3.8) is 0 Å². The summed E-state index contributed by atoms with van der Waals surface area (Å²) in [5.74, 6) is 0. The molecule has 0 aromatic heterocycles. The zero-order valence-electron chi connectivity index (χ0n) is 4.39. The van der Waals surface area contributed by atoms with Crippen LogP contribution in [0.15, 0.2) is 0 Å². The van der Waals surface area contributed by atoms with E-state index < -0.39 is 0 Å². The molecule has 0 radical (unpaired) electrons. The smallest absolute Gasteiger partial charge is 0 e. The van der Waals surface area contributed by atoms with Crippen LogP contribution in [-0.4, -0.2) is 11.4 Å². The molecule has 0 amide bonds. The van der Waals surface area contributed by atoms with Gasteiger partial charge in [0.15, 0.2) is 0 Å². The molecule has 7 heavy (non-hydrogen) atoms. The first-order chi connectivity index (χ1) is 2.27. The molecule has 0 heterocycles. The summed E-state index contributed by atoms with van der Waals surface area (Å²) < 4.78 is 0. The maximum atomic E-state index is 3.48. The van der Waals surface area contributed by atoms with Gasteiger partial charge in [-0.3, -0.25) is 0 Å². The fourth-order valence-electron chi connectivity index (χ4n) is 0. The summed E-state index contributed by atoms with van der Waals surface area (Å²) >= 11 is 0. The Bertz CT molecular complexity index is 23.7. The standard InChI is InChI=1S/C4H9N.2W/c1-4-5(2)3;;/h2-4H2,1H3;;/q-2;;. The van der Waals surface area contributed by atoms with Crippen LogP contribution in [0.1, 0.15) is 6.92 Å². The van der Waals surface area contributed by atoms with Crippen molar-refractivity contribution in [2.24, 2.45) is 0 Å². The average Bonchev–Trinajstić information content (AvgIpc) is 1.38. The monoisotopic (exact) mass is 439 g/mol. The number of nitrogens with zero attached hydrogens (tertiary/aromatic N) is 1. The van der Waals surface area contributed by atoms with Gasteiger partial charge in [0.25, 0.3) is 0 Å². The van der Waals surface area contributed by atoms with Crippen molar-refractivity contribution in [3.05, 3.63) is 14.1 Å². The van der Waals surface area contributed by atoms with Crippen LogP contribution in [0, 0.1) is 14.1 Å². The minimum atomic E-state index is 0. The molecule has 3 heteroatoms. The number of hydrogen-bond donors (Lipinski definition) is 0. The van der Waals surface area contributed by atoms with Crippen molar-refractivity contribution in [1.29, 1.82) is 0 Å². The maximum absolute atomic E-state index is 3.48. The summed E-state index contributed by atoms with van der Waals surface area (Å²) in [5.41, 5.74) is 0. The van der Waals surface area contributed by atoms with E-state index in [2.05, 4.69) is 14.1 Å². The maximum Gasteiger partial charge on any atom is 0 e. The topological polar surface area (TPSA) is 3.24 Å². The predicted octanol–water partition coefficient (Wildman–Crippen LogP) is 0.886. The van der Waals surface area contributed by atoms with Crippen molar-refractivity contribution < 1.29 is 42.1 Å². The normalized spacial score (nSPS) is 6.86. The first-order valence-corrected chi connectivity index (χ1v) is 1.66. The zero-order valence-corrected chi connectivity index (χ0v) is 10.3. The minimum absolute atomic E-state index is 0. The van der Waals surface area contributed by atoms with E-state index in [1.807, 2.05) is 6.92 Å². The van der Waals surface area contributed by atoms with Gasteiger partial charge in [0.2, 0.25) is 0 Å². The molecule has 1 nitrogen and oxygen atoms in total. The minimum Gasteiger partial charge on any atom is -0.611 e. The molecule has 0 aromatic rings. The molecular formula is C4H9NW2-2. The summed E-state index contributed by atoms with van der Waals surface area (Å²) in [7, 11) is 6.96. The molecule has 0 aliphatic carbocycles. The Morgan fingerprint density at radius 3 is 1.43 bits per heavy atom. The van der Waals surface area contributed by atoms with Gasteiger partial charge in [0, 0.05) is 42.1 Å². The van der Waals surface area contributed by atoms with Gasteiger partial charge in [-0.1, -0.05) is 13.5 Å². The van der Waals surface area contributed by atoms with Gasteiger partial charge in [0.1, 0.15) is 0 Å². The SMILES string of the molecule is [CH2-]N([CH2-])CC.[W].[W]. The average molecular weight is 439 g/mol. The van der Waals surface area contributed by atoms with Crippen LogP contribution in [0.25, 0.3) is 0 Å². The third kappa shape index (κ3) is 18.8. The second-order valence-corrected chi connectivity index (χ2v) is 0.987. The molecule has 0 unspecified atom stereocenters. The third-order valence-corrected chi connectivity index (χ3v) is 0.447. The summed E-state index contributed by atoms with van der Waals surface area (Å²) in [6.07, 6.45) is 0. The zero-order chi connectivity index (χ0) is 4.28. The molecule has 0 saturated heterocycles. The third-order valence-electron chi connectivity index (χ3n) is 0.447. The van der Waals surface area contributed by atoms with Crippen molar-refractivity contribution in [2.45, 2.75) is 6.92 Å². The van der Waals surface area contributed by atoms with Crippen LogP contribution in [0.5, 0.6) is 0 Å². The molecular weight excluding hydrogens is 430 g/mol. The molecule has 0 aromatic carbocycles. The van der Waals surface area contributed by atoms with E-state index in [-0.39, 0.29) is 42.1 Å². The Balaban J connectivity index is -0.0000000800. The van der Waals surface area contributed by atoms with Gasteiger partial charge in [-0.25, -0.2) is 0 Å². The second-order valence-electron chi connectivity index (χ2n) is 0.987. The predicted molar refractivity (Wildman–Crippen MR) is 23.1 cm³/mol. The van der Waals surface area contributed by atoms with E-state index in [4.69, 9.17) is 0 Å². The van der Waals surface area contributed by atoms with Crippen molar-refractivity contribution in [3.8, 4) is 0 Å². The summed E-state index contributed by atoms with van der Waals surface area (Å²) in [4.78, 5) is 1.62. The first kappa shape index (κ1) is 15.8. The molecule has 0 aliphatic rings. The fourth-order valence-corrected chi connectivity index (χ4v) is 0. The van der Waals surface area contributed by atoms with Crippen molar-refractivity contribution in [1.82, 2.24) is 4.90 Å². The molecule has 44 valence electrons. The molecule has 0 bridgehead atoms. The molecule has 0 spiro atoms. The Kier molecular flexibility index (Phi) is 23.3. The van der Waals surface area contributed by atoms with Gasteiger partial charge < -0.3 is 19.0 Å². The van der Waals surface area contributed by atoms with E-state index >= 15 is 0 Å². The van der Waals surface area contributed by atoms with E-state index in [1.54, 1.807) is 4.90 Å². The van der Waals surface area contributed by atoms with Gasteiger partial charge in [-0.2, -0.15) is 0 Å². The van der Waals surface area contributed by atoms with Crippen LogP contribution in [0.3, 0.4) is 0 Å². The Labute approximate surface area is 74.4 Å². The Morgan fingerprint density at radius 1 is 1.29 bits per heavy atom. The van der Waals surface area contributed by atoms with E-state index in [9.17, 15) is 0 Å². The van der Waals surface area contributed by atoms with Gasteiger partial charge >= 0.3 is 0 Å². The van der Waals surface area contributed by atoms with Crippen LogP contribution in [0.2, 0.25) is 0 Å². The molecule has 0 N–H and O–H groups in total. The van der Waals surface area contributed by atoms with Gasteiger partial charge in [-0.05, 0) is 0 Å². The van der Waals surface area contributed by atoms with Crippen LogP contribution < -0.4 is 0 Å². The fraction of sp³-hybridized carbons (Fsp3) is 0.500. The number of hydrogen-bond acceptors (Lipinski definition) is 1. The molecule has 0 atom stereocenters. The van der Waals surface area contributed by atoms with Gasteiger partial charge in [0.05, 0.1) is 0 Å². The summed E-state index contributed by atoms with van der Waals surface area (Å²) in [6.45, 7) is 2.92. The van der Waals surface area contributed by atoms with E-state index in [1.165, 1.54) is 0 Å². The van der Waals surface area contributed by atoms with Crippen molar-refractivity contribution >= 4 is 0 Å². The first-order valence-electron chi connectivity index (χ1n) is 1.66. The molecule has 0 fully saturated rings. The van der Waals surface area contributed by atoms with Gasteiger partial charge in [-0.15, -0.1) is 0 Å². The Hall–Kier alpha value is 1.34. The van der Waals surface area contributed by atoms with Crippen molar-refractivity contribution in [2.75, 3.05) is 6.54 Å². The van der Waals surface area contributed by atoms with E-state index in [0.717, 1.165) is 6.54 Å². The summed E-state index contributed by atoms with van der Waals surface area (Å²) in [5, 5.41) is 0. The quantitative estimate of drug-likeness (QED) is 0.550. The molecule has 0 saturated carbocycles. The largest absolute Gasteiger partial charge is 0.611 e. The molecule has 0 aliphatic heterocycles. The summed E-state index contributed by atoms with van der Waals surface area (Å²) in [6, 6.07) is 0. The number of rotatable bonds is 1. The molecule has 0 rings (SSSR count). The Morgan fingerprint density at radius 2 is 1.43 bits per heavy atom.